The fourth-order valence-corrected chi connectivity index (χ4v) is 3.58. The Morgan fingerprint density at radius 1 is 1.04 bits per heavy atom. The van der Waals surface area contributed by atoms with Crippen molar-refractivity contribution >= 4 is 33.3 Å². The van der Waals surface area contributed by atoms with E-state index in [0.29, 0.717) is 11.8 Å². The maximum atomic E-state index is 5.17. The van der Waals surface area contributed by atoms with Crippen LogP contribution in [0.3, 0.4) is 0 Å². The van der Waals surface area contributed by atoms with Gasteiger partial charge in [-0.05, 0) is 11.4 Å². The van der Waals surface area contributed by atoms with Crippen LogP contribution in [0.1, 0.15) is 0 Å². The van der Waals surface area contributed by atoms with Gasteiger partial charge in [-0.25, -0.2) is 15.0 Å². The van der Waals surface area contributed by atoms with Crippen LogP contribution in [0.2, 0.25) is 0 Å². The minimum absolute atomic E-state index is 0.591. The molecule has 1 fully saturated rings. The van der Waals surface area contributed by atoms with Gasteiger partial charge >= 0.3 is 0 Å². The fraction of sp³-hybridized carbons (Fsp3) is 0.333. The topological polar surface area (TPSA) is 67.3 Å². The summed E-state index contributed by atoms with van der Waals surface area (Å²) < 4.78 is 6.32. The smallest absolute Gasteiger partial charge is 0.228 e. The second-order valence-electron chi connectivity index (χ2n) is 5.21. The van der Waals surface area contributed by atoms with Crippen molar-refractivity contribution in [2.75, 3.05) is 43.1 Å². The maximum absolute atomic E-state index is 5.17. The zero-order valence-electron chi connectivity index (χ0n) is 12.7. The summed E-state index contributed by atoms with van der Waals surface area (Å²) in [5, 5.41) is 2.06. The SMILES string of the molecule is COc1ccnc(N2CCN(c3ncnc4ccsc34)CC2)n1. The number of anilines is 2. The van der Waals surface area contributed by atoms with E-state index in [4.69, 9.17) is 4.74 Å². The van der Waals surface area contributed by atoms with Crippen LogP contribution in [0.4, 0.5) is 11.8 Å². The van der Waals surface area contributed by atoms with Crippen LogP contribution >= 0.6 is 11.3 Å². The summed E-state index contributed by atoms with van der Waals surface area (Å²) in [4.78, 5) is 22.0. The predicted octanol–water partition coefficient (Wildman–Crippen LogP) is 1.82. The van der Waals surface area contributed by atoms with Gasteiger partial charge < -0.3 is 14.5 Å². The first kappa shape index (κ1) is 14.1. The molecule has 0 aliphatic carbocycles. The number of methoxy groups -OCH3 is 1. The van der Waals surface area contributed by atoms with E-state index in [0.717, 1.165) is 42.2 Å². The molecule has 4 heterocycles. The normalized spacial score (nSPS) is 15.2. The average Bonchev–Trinajstić information content (AvgIpc) is 3.11. The third kappa shape index (κ3) is 2.65. The Bertz CT molecular complexity index is 814. The third-order valence-electron chi connectivity index (χ3n) is 3.91. The van der Waals surface area contributed by atoms with E-state index in [2.05, 4.69) is 35.1 Å². The van der Waals surface area contributed by atoms with Crippen LogP contribution in [-0.2, 0) is 0 Å². The lowest BCUT2D eigenvalue weighted by Crippen LogP contribution is -2.47. The lowest BCUT2D eigenvalue weighted by atomic mass is 10.3. The number of hydrogen-bond donors (Lipinski definition) is 0. The van der Waals surface area contributed by atoms with Crippen molar-refractivity contribution < 1.29 is 4.74 Å². The molecule has 0 saturated carbocycles. The molecule has 0 aromatic carbocycles. The number of aromatic nitrogens is 4. The maximum Gasteiger partial charge on any atom is 0.228 e. The number of fused-ring (bicyclic) bond motifs is 1. The van der Waals surface area contributed by atoms with Crippen LogP contribution in [0.5, 0.6) is 5.88 Å². The molecule has 0 bridgehead atoms. The molecule has 0 amide bonds. The van der Waals surface area contributed by atoms with Crippen molar-refractivity contribution in [1.82, 2.24) is 19.9 Å². The quantitative estimate of drug-likeness (QED) is 0.726. The number of rotatable bonds is 3. The highest BCUT2D eigenvalue weighted by atomic mass is 32.1. The molecular formula is C15H16N6OS. The Morgan fingerprint density at radius 2 is 1.87 bits per heavy atom. The molecule has 1 aliphatic heterocycles. The minimum atomic E-state index is 0.591. The van der Waals surface area contributed by atoms with E-state index >= 15 is 0 Å². The molecule has 3 aromatic heterocycles. The Morgan fingerprint density at radius 3 is 2.70 bits per heavy atom. The highest BCUT2D eigenvalue weighted by Gasteiger charge is 2.22. The molecule has 3 aromatic rings. The first-order chi connectivity index (χ1) is 11.3. The zero-order chi connectivity index (χ0) is 15.6. The minimum Gasteiger partial charge on any atom is -0.481 e. The number of ether oxygens (including phenoxy) is 1. The van der Waals surface area contributed by atoms with Crippen LogP contribution in [-0.4, -0.2) is 53.2 Å². The Hall–Kier alpha value is -2.48. The van der Waals surface area contributed by atoms with Gasteiger partial charge in [0.1, 0.15) is 12.1 Å². The van der Waals surface area contributed by atoms with E-state index in [1.165, 1.54) is 0 Å². The number of piperazine rings is 1. The van der Waals surface area contributed by atoms with Crippen LogP contribution in [0.15, 0.2) is 30.0 Å². The van der Waals surface area contributed by atoms with Crippen molar-refractivity contribution in [3.63, 3.8) is 0 Å². The summed E-state index contributed by atoms with van der Waals surface area (Å²) >= 11 is 1.69. The Balaban J connectivity index is 1.51. The molecular weight excluding hydrogens is 312 g/mol. The van der Waals surface area contributed by atoms with Gasteiger partial charge in [-0.3, -0.25) is 0 Å². The molecule has 0 radical (unpaired) electrons. The fourth-order valence-electron chi connectivity index (χ4n) is 2.72. The van der Waals surface area contributed by atoms with E-state index in [1.54, 1.807) is 37.0 Å². The van der Waals surface area contributed by atoms with Crippen LogP contribution in [0.25, 0.3) is 10.2 Å². The van der Waals surface area contributed by atoms with E-state index < -0.39 is 0 Å². The molecule has 0 atom stereocenters. The van der Waals surface area contributed by atoms with E-state index in [9.17, 15) is 0 Å². The molecule has 0 N–H and O–H groups in total. The van der Waals surface area contributed by atoms with Gasteiger partial charge in [0.2, 0.25) is 11.8 Å². The summed E-state index contributed by atoms with van der Waals surface area (Å²) in [5.41, 5.74) is 1.01. The molecule has 23 heavy (non-hydrogen) atoms. The summed E-state index contributed by atoms with van der Waals surface area (Å²) in [6.45, 7) is 3.46. The Kier molecular flexibility index (Phi) is 3.66. The zero-order valence-corrected chi connectivity index (χ0v) is 13.5. The first-order valence-electron chi connectivity index (χ1n) is 7.40. The summed E-state index contributed by atoms with van der Waals surface area (Å²) in [6.07, 6.45) is 3.37. The lowest BCUT2D eigenvalue weighted by Gasteiger charge is -2.35. The van der Waals surface area contributed by atoms with Crippen molar-refractivity contribution in [1.29, 1.82) is 0 Å². The summed E-state index contributed by atoms with van der Waals surface area (Å²) in [6, 6.07) is 3.79. The molecule has 0 spiro atoms. The number of nitrogens with zero attached hydrogens (tertiary/aromatic N) is 6. The molecule has 118 valence electrons. The summed E-state index contributed by atoms with van der Waals surface area (Å²) in [7, 11) is 1.62. The molecule has 4 rings (SSSR count). The van der Waals surface area contributed by atoms with Crippen molar-refractivity contribution in [3.05, 3.63) is 30.0 Å². The van der Waals surface area contributed by atoms with Gasteiger partial charge in [0.15, 0.2) is 0 Å². The van der Waals surface area contributed by atoms with Gasteiger partial charge in [0, 0.05) is 38.4 Å². The largest absolute Gasteiger partial charge is 0.481 e. The number of thiophene rings is 1. The van der Waals surface area contributed by atoms with Gasteiger partial charge in [-0.15, -0.1) is 11.3 Å². The highest BCUT2D eigenvalue weighted by molar-refractivity contribution is 7.17. The van der Waals surface area contributed by atoms with E-state index in [1.807, 2.05) is 6.07 Å². The van der Waals surface area contributed by atoms with E-state index in [-0.39, 0.29) is 0 Å². The molecule has 7 nitrogen and oxygen atoms in total. The monoisotopic (exact) mass is 328 g/mol. The Labute approximate surface area is 137 Å². The van der Waals surface area contributed by atoms with Gasteiger partial charge in [-0.2, -0.15) is 4.98 Å². The lowest BCUT2D eigenvalue weighted by molar-refractivity contribution is 0.396. The third-order valence-corrected chi connectivity index (χ3v) is 4.81. The second kappa shape index (κ2) is 5.96. The van der Waals surface area contributed by atoms with Gasteiger partial charge in [0.05, 0.1) is 17.3 Å². The van der Waals surface area contributed by atoms with Gasteiger partial charge in [0.25, 0.3) is 0 Å². The van der Waals surface area contributed by atoms with Crippen molar-refractivity contribution in [2.24, 2.45) is 0 Å². The number of hydrogen-bond acceptors (Lipinski definition) is 8. The average molecular weight is 328 g/mol. The molecule has 1 aliphatic rings. The van der Waals surface area contributed by atoms with Crippen LogP contribution < -0.4 is 14.5 Å². The molecule has 1 saturated heterocycles. The van der Waals surface area contributed by atoms with Crippen molar-refractivity contribution in [3.8, 4) is 5.88 Å². The highest BCUT2D eigenvalue weighted by Crippen LogP contribution is 2.28. The first-order valence-corrected chi connectivity index (χ1v) is 8.28. The predicted molar refractivity (Wildman–Crippen MR) is 90.4 cm³/mol. The summed E-state index contributed by atoms with van der Waals surface area (Å²) in [5.74, 6) is 2.33. The second-order valence-corrected chi connectivity index (χ2v) is 6.12. The van der Waals surface area contributed by atoms with Crippen molar-refractivity contribution in [2.45, 2.75) is 0 Å². The van der Waals surface area contributed by atoms with Gasteiger partial charge in [-0.1, -0.05) is 0 Å². The molecule has 8 heteroatoms. The van der Waals surface area contributed by atoms with Crippen LogP contribution in [0, 0.1) is 0 Å². The standard InChI is InChI=1S/C15H16N6OS/c1-22-12-2-4-16-15(19-12)21-7-5-20(6-8-21)14-13-11(3-9-23-13)17-10-18-14/h2-4,9-10H,5-8H2,1H3. The molecule has 0 unspecified atom stereocenters.